The Hall–Kier alpha value is -1.71. The van der Waals surface area contributed by atoms with E-state index in [-0.39, 0.29) is 4.21 Å². The second-order valence-electron chi connectivity index (χ2n) is 5.51. The van der Waals surface area contributed by atoms with E-state index < -0.39 is 10.0 Å². The van der Waals surface area contributed by atoms with Crippen LogP contribution in [0, 0.1) is 6.92 Å². The molecule has 124 valence electrons. The van der Waals surface area contributed by atoms with Crippen LogP contribution in [0.1, 0.15) is 25.0 Å². The van der Waals surface area contributed by atoms with Crippen molar-refractivity contribution in [3.05, 3.63) is 24.0 Å². The number of nitrogens with zero attached hydrogens (tertiary/aromatic N) is 3. The normalized spacial score (nSPS) is 15.7. The number of sulfonamides is 1. The summed E-state index contributed by atoms with van der Waals surface area (Å²) in [5.41, 5.74) is 1.17. The first kappa shape index (κ1) is 16.2. The SMILES string of the molecule is Cc1nc(Nc2ccc(N3CCCCC3)nc2)sc1S(N)(=O)=O. The average Bonchev–Trinajstić information content (AvgIpc) is 2.90. The highest BCUT2D eigenvalue weighted by molar-refractivity contribution is 7.91. The Balaban J connectivity index is 1.73. The predicted molar refractivity (Wildman–Crippen MR) is 91.8 cm³/mol. The van der Waals surface area contributed by atoms with Gasteiger partial charge in [0.15, 0.2) is 9.34 Å². The van der Waals surface area contributed by atoms with Crippen LogP contribution in [0.4, 0.5) is 16.6 Å². The maximum atomic E-state index is 11.4. The molecule has 7 nitrogen and oxygen atoms in total. The van der Waals surface area contributed by atoms with Gasteiger partial charge in [0, 0.05) is 13.1 Å². The molecule has 0 aliphatic carbocycles. The van der Waals surface area contributed by atoms with Gasteiger partial charge in [-0.05, 0) is 38.3 Å². The average molecular weight is 353 g/mol. The number of aromatic nitrogens is 2. The molecule has 3 rings (SSSR count). The number of rotatable bonds is 4. The van der Waals surface area contributed by atoms with Crippen LogP contribution in [0.2, 0.25) is 0 Å². The molecule has 1 aliphatic heterocycles. The summed E-state index contributed by atoms with van der Waals surface area (Å²) in [6.07, 6.45) is 5.43. The van der Waals surface area contributed by atoms with Crippen molar-refractivity contribution in [2.45, 2.75) is 30.4 Å². The molecular formula is C14H19N5O2S2. The van der Waals surface area contributed by atoms with Crippen molar-refractivity contribution < 1.29 is 8.42 Å². The van der Waals surface area contributed by atoms with Crippen molar-refractivity contribution in [1.82, 2.24) is 9.97 Å². The Labute approximate surface area is 139 Å². The minimum Gasteiger partial charge on any atom is -0.357 e. The number of primary sulfonamides is 1. The van der Waals surface area contributed by atoms with E-state index in [2.05, 4.69) is 20.2 Å². The van der Waals surface area contributed by atoms with E-state index in [1.807, 2.05) is 12.1 Å². The molecule has 0 radical (unpaired) electrons. The molecule has 2 aromatic rings. The third-order valence-corrected chi connectivity index (χ3v) is 6.32. The van der Waals surface area contributed by atoms with Gasteiger partial charge in [-0.3, -0.25) is 0 Å². The topological polar surface area (TPSA) is 101 Å². The summed E-state index contributed by atoms with van der Waals surface area (Å²) in [5.74, 6) is 0.968. The van der Waals surface area contributed by atoms with Crippen molar-refractivity contribution in [3.63, 3.8) is 0 Å². The number of pyridine rings is 1. The van der Waals surface area contributed by atoms with E-state index in [9.17, 15) is 8.42 Å². The number of anilines is 3. The van der Waals surface area contributed by atoms with Crippen LogP contribution in [0.15, 0.2) is 22.5 Å². The number of nitrogens with one attached hydrogen (secondary N) is 1. The molecular weight excluding hydrogens is 334 g/mol. The number of thiazole rings is 1. The summed E-state index contributed by atoms with van der Waals surface area (Å²) in [6.45, 7) is 3.71. The standard InChI is InChI=1S/C14H19N5O2S2/c1-10-13(23(15,20)21)22-14(17-10)18-11-5-6-12(16-9-11)19-7-3-2-4-8-19/h5-6,9H,2-4,7-8H2,1H3,(H,17,18)(H2,15,20,21). The Morgan fingerprint density at radius 2 is 2.00 bits per heavy atom. The molecule has 1 fully saturated rings. The molecule has 2 aromatic heterocycles. The van der Waals surface area contributed by atoms with Gasteiger partial charge in [0.1, 0.15) is 5.82 Å². The van der Waals surface area contributed by atoms with Crippen LogP contribution in [-0.2, 0) is 10.0 Å². The maximum absolute atomic E-state index is 11.4. The molecule has 0 amide bonds. The monoisotopic (exact) mass is 353 g/mol. The van der Waals surface area contributed by atoms with Gasteiger partial charge < -0.3 is 10.2 Å². The fourth-order valence-electron chi connectivity index (χ4n) is 2.59. The molecule has 23 heavy (non-hydrogen) atoms. The van der Waals surface area contributed by atoms with Gasteiger partial charge in [-0.25, -0.2) is 23.5 Å². The first-order valence-corrected chi connectivity index (χ1v) is 9.78. The lowest BCUT2D eigenvalue weighted by atomic mass is 10.1. The van der Waals surface area contributed by atoms with E-state index >= 15 is 0 Å². The highest BCUT2D eigenvalue weighted by Crippen LogP contribution is 2.28. The first-order chi connectivity index (χ1) is 10.9. The van der Waals surface area contributed by atoms with Crippen molar-refractivity contribution >= 4 is 38.0 Å². The van der Waals surface area contributed by atoms with Crippen LogP contribution in [0.25, 0.3) is 0 Å². The number of hydrogen-bond donors (Lipinski definition) is 2. The van der Waals surface area contributed by atoms with Gasteiger partial charge in [-0.2, -0.15) is 0 Å². The summed E-state index contributed by atoms with van der Waals surface area (Å²) >= 11 is 1.02. The van der Waals surface area contributed by atoms with Crippen LogP contribution in [-0.4, -0.2) is 31.5 Å². The molecule has 0 bridgehead atoms. The third-order valence-electron chi connectivity index (χ3n) is 3.69. The zero-order valence-electron chi connectivity index (χ0n) is 12.8. The lowest BCUT2D eigenvalue weighted by Gasteiger charge is -2.27. The quantitative estimate of drug-likeness (QED) is 0.874. The van der Waals surface area contributed by atoms with Crippen LogP contribution < -0.4 is 15.4 Å². The van der Waals surface area contributed by atoms with Gasteiger partial charge >= 0.3 is 0 Å². The fourth-order valence-corrected chi connectivity index (χ4v) is 4.47. The Morgan fingerprint density at radius 3 is 2.57 bits per heavy atom. The van der Waals surface area contributed by atoms with Gasteiger partial charge in [-0.1, -0.05) is 11.3 Å². The molecule has 3 N–H and O–H groups in total. The predicted octanol–water partition coefficient (Wildman–Crippen LogP) is 2.23. The summed E-state index contributed by atoms with van der Waals surface area (Å²) in [7, 11) is -3.73. The summed E-state index contributed by atoms with van der Waals surface area (Å²) < 4.78 is 23.0. The molecule has 0 aromatic carbocycles. The number of nitrogens with two attached hydrogens (primary N) is 1. The number of hydrogen-bond acceptors (Lipinski definition) is 7. The number of piperidine rings is 1. The largest absolute Gasteiger partial charge is 0.357 e. The maximum Gasteiger partial charge on any atom is 0.249 e. The second-order valence-corrected chi connectivity index (χ2v) is 8.27. The first-order valence-electron chi connectivity index (χ1n) is 7.42. The smallest absolute Gasteiger partial charge is 0.249 e. The van der Waals surface area contributed by atoms with Crippen molar-refractivity contribution in [1.29, 1.82) is 0 Å². The Bertz CT molecular complexity index is 780. The second kappa shape index (κ2) is 6.42. The minimum atomic E-state index is -3.73. The molecule has 0 spiro atoms. The molecule has 3 heterocycles. The molecule has 0 atom stereocenters. The van der Waals surface area contributed by atoms with E-state index in [0.29, 0.717) is 10.8 Å². The van der Waals surface area contributed by atoms with Gasteiger partial charge in [0.05, 0.1) is 17.6 Å². The van der Waals surface area contributed by atoms with E-state index in [0.717, 1.165) is 35.9 Å². The molecule has 1 aliphatic rings. The Kier molecular flexibility index (Phi) is 4.51. The molecule has 1 saturated heterocycles. The van der Waals surface area contributed by atoms with E-state index in [1.54, 1.807) is 13.1 Å². The number of aryl methyl sites for hydroxylation is 1. The van der Waals surface area contributed by atoms with Crippen LogP contribution in [0.3, 0.4) is 0 Å². The van der Waals surface area contributed by atoms with Crippen molar-refractivity contribution in [3.8, 4) is 0 Å². The Morgan fingerprint density at radius 1 is 1.26 bits per heavy atom. The summed E-state index contributed by atoms with van der Waals surface area (Å²) in [6, 6.07) is 3.89. The molecule has 9 heteroatoms. The van der Waals surface area contributed by atoms with Crippen molar-refractivity contribution in [2.24, 2.45) is 5.14 Å². The van der Waals surface area contributed by atoms with E-state index in [1.165, 1.54) is 19.3 Å². The highest BCUT2D eigenvalue weighted by atomic mass is 32.2. The summed E-state index contributed by atoms with van der Waals surface area (Å²) in [5, 5.41) is 8.72. The van der Waals surface area contributed by atoms with E-state index in [4.69, 9.17) is 5.14 Å². The van der Waals surface area contributed by atoms with Crippen LogP contribution >= 0.6 is 11.3 Å². The lowest BCUT2D eigenvalue weighted by Crippen LogP contribution is -2.29. The lowest BCUT2D eigenvalue weighted by molar-refractivity contribution is 0.573. The summed E-state index contributed by atoms with van der Waals surface area (Å²) in [4.78, 5) is 10.9. The van der Waals surface area contributed by atoms with Gasteiger partial charge in [0.25, 0.3) is 0 Å². The highest BCUT2D eigenvalue weighted by Gasteiger charge is 2.18. The molecule has 0 saturated carbocycles. The fraction of sp³-hybridized carbons (Fsp3) is 0.429. The molecule has 0 unspecified atom stereocenters. The third kappa shape index (κ3) is 3.80. The van der Waals surface area contributed by atoms with Gasteiger partial charge in [-0.15, -0.1) is 0 Å². The minimum absolute atomic E-state index is 0.0814. The zero-order valence-corrected chi connectivity index (χ0v) is 14.5. The zero-order chi connectivity index (χ0) is 16.4. The van der Waals surface area contributed by atoms with Gasteiger partial charge in [0.2, 0.25) is 10.0 Å². The van der Waals surface area contributed by atoms with Crippen molar-refractivity contribution in [2.75, 3.05) is 23.3 Å². The van der Waals surface area contributed by atoms with Crippen LogP contribution in [0.5, 0.6) is 0 Å².